The van der Waals surface area contributed by atoms with Gasteiger partial charge in [-0.05, 0) is 39.8 Å². The lowest BCUT2D eigenvalue weighted by atomic mass is 9.99. The highest BCUT2D eigenvalue weighted by Crippen LogP contribution is 2.40. The summed E-state index contributed by atoms with van der Waals surface area (Å²) in [6.45, 7) is 10.7. The highest BCUT2D eigenvalue weighted by molar-refractivity contribution is 5.50. The van der Waals surface area contributed by atoms with Crippen LogP contribution in [0.5, 0.6) is 11.5 Å². The van der Waals surface area contributed by atoms with Gasteiger partial charge in [0.1, 0.15) is 17.6 Å². The van der Waals surface area contributed by atoms with Crippen LogP contribution in [0.4, 0.5) is 0 Å². The molecule has 0 bridgehead atoms. The molecule has 1 fully saturated rings. The monoisotopic (exact) mass is 291 g/mol. The summed E-state index contributed by atoms with van der Waals surface area (Å²) in [4.78, 5) is 0. The molecule has 0 amide bonds. The van der Waals surface area contributed by atoms with Gasteiger partial charge in [-0.25, -0.2) is 0 Å². The van der Waals surface area contributed by atoms with Crippen LogP contribution in [0.25, 0.3) is 0 Å². The van der Waals surface area contributed by atoms with Gasteiger partial charge in [-0.1, -0.05) is 0 Å². The molecule has 0 aromatic heterocycles. The number of morpholine rings is 1. The fourth-order valence-electron chi connectivity index (χ4n) is 3.13. The van der Waals surface area contributed by atoms with Crippen LogP contribution in [-0.4, -0.2) is 31.4 Å². The van der Waals surface area contributed by atoms with Gasteiger partial charge < -0.3 is 19.5 Å². The second-order valence-corrected chi connectivity index (χ2v) is 6.56. The standard InChI is InChI=1S/C17H25NO3/c1-5-19-15-7-12-6-11(2)20-14(12)8-13(15)16-9-18-10-17(3,4)21-16/h7-8,11,16,18H,5-6,9-10H2,1-4H3. The summed E-state index contributed by atoms with van der Waals surface area (Å²) in [5, 5.41) is 3.45. The molecule has 0 spiro atoms. The minimum atomic E-state index is -0.167. The van der Waals surface area contributed by atoms with Crippen molar-refractivity contribution in [2.24, 2.45) is 0 Å². The van der Waals surface area contributed by atoms with E-state index in [2.05, 4.69) is 38.2 Å². The van der Waals surface area contributed by atoms with Gasteiger partial charge in [0.2, 0.25) is 0 Å². The Morgan fingerprint density at radius 1 is 1.38 bits per heavy atom. The molecule has 116 valence electrons. The molecule has 1 aromatic rings. The minimum Gasteiger partial charge on any atom is -0.493 e. The molecule has 3 rings (SSSR count). The van der Waals surface area contributed by atoms with E-state index in [1.165, 1.54) is 5.56 Å². The van der Waals surface area contributed by atoms with E-state index >= 15 is 0 Å². The molecule has 0 aliphatic carbocycles. The second kappa shape index (κ2) is 5.50. The number of ether oxygens (including phenoxy) is 3. The first-order valence-electron chi connectivity index (χ1n) is 7.83. The predicted octanol–water partition coefficient (Wildman–Crippen LogP) is 2.85. The van der Waals surface area contributed by atoms with Crippen molar-refractivity contribution in [3.05, 3.63) is 23.3 Å². The zero-order valence-electron chi connectivity index (χ0n) is 13.4. The Kier molecular flexibility index (Phi) is 3.84. The van der Waals surface area contributed by atoms with Crippen LogP contribution in [0.1, 0.15) is 44.9 Å². The van der Waals surface area contributed by atoms with Crippen LogP contribution >= 0.6 is 0 Å². The van der Waals surface area contributed by atoms with Gasteiger partial charge in [0.05, 0.1) is 18.3 Å². The maximum Gasteiger partial charge on any atom is 0.125 e. The van der Waals surface area contributed by atoms with Crippen molar-refractivity contribution < 1.29 is 14.2 Å². The van der Waals surface area contributed by atoms with Crippen molar-refractivity contribution in [2.45, 2.75) is 51.9 Å². The summed E-state index contributed by atoms with van der Waals surface area (Å²) in [6.07, 6.45) is 1.19. The normalized spacial score (nSPS) is 27.0. The molecule has 2 aliphatic heterocycles. The van der Waals surface area contributed by atoms with Crippen molar-refractivity contribution in [1.29, 1.82) is 0 Å². The largest absolute Gasteiger partial charge is 0.493 e. The lowest BCUT2D eigenvalue weighted by molar-refractivity contribution is -0.0966. The van der Waals surface area contributed by atoms with Crippen LogP contribution in [-0.2, 0) is 11.2 Å². The van der Waals surface area contributed by atoms with Crippen molar-refractivity contribution >= 4 is 0 Å². The highest BCUT2D eigenvalue weighted by Gasteiger charge is 2.32. The Bertz CT molecular complexity index is 527. The molecule has 2 atom stereocenters. The fraction of sp³-hybridized carbons (Fsp3) is 0.647. The van der Waals surface area contributed by atoms with E-state index < -0.39 is 0 Å². The van der Waals surface area contributed by atoms with Crippen molar-refractivity contribution in [3.63, 3.8) is 0 Å². The van der Waals surface area contributed by atoms with E-state index in [1.807, 2.05) is 6.92 Å². The van der Waals surface area contributed by atoms with E-state index in [9.17, 15) is 0 Å². The van der Waals surface area contributed by atoms with Crippen molar-refractivity contribution in [1.82, 2.24) is 5.32 Å². The van der Waals surface area contributed by atoms with Crippen LogP contribution < -0.4 is 14.8 Å². The molecule has 1 saturated heterocycles. The van der Waals surface area contributed by atoms with Gasteiger partial charge in [0, 0.05) is 30.6 Å². The second-order valence-electron chi connectivity index (χ2n) is 6.56. The predicted molar refractivity (Wildman–Crippen MR) is 82.2 cm³/mol. The minimum absolute atomic E-state index is 0.0000983. The Labute approximate surface area is 126 Å². The number of nitrogens with one attached hydrogen (secondary N) is 1. The summed E-state index contributed by atoms with van der Waals surface area (Å²) in [7, 11) is 0. The van der Waals surface area contributed by atoms with Crippen LogP contribution in [0.2, 0.25) is 0 Å². The summed E-state index contributed by atoms with van der Waals surface area (Å²) in [5.74, 6) is 1.91. The van der Waals surface area contributed by atoms with E-state index in [0.29, 0.717) is 6.61 Å². The molecule has 2 unspecified atom stereocenters. The Morgan fingerprint density at radius 3 is 2.90 bits per heavy atom. The molecular formula is C17H25NO3. The van der Waals surface area contributed by atoms with E-state index in [-0.39, 0.29) is 17.8 Å². The quantitative estimate of drug-likeness (QED) is 0.929. The van der Waals surface area contributed by atoms with Gasteiger partial charge in [-0.3, -0.25) is 0 Å². The van der Waals surface area contributed by atoms with E-state index in [1.54, 1.807) is 0 Å². The lowest BCUT2D eigenvalue weighted by Crippen LogP contribution is -2.46. The highest BCUT2D eigenvalue weighted by atomic mass is 16.5. The van der Waals surface area contributed by atoms with Gasteiger partial charge in [-0.2, -0.15) is 0 Å². The first kappa shape index (κ1) is 14.7. The molecule has 2 heterocycles. The number of hydrogen-bond acceptors (Lipinski definition) is 4. The number of hydrogen-bond donors (Lipinski definition) is 1. The maximum atomic E-state index is 6.24. The van der Waals surface area contributed by atoms with Gasteiger partial charge >= 0.3 is 0 Å². The summed E-state index contributed by atoms with van der Waals surface area (Å²) < 4.78 is 18.0. The molecule has 1 aromatic carbocycles. The Morgan fingerprint density at radius 2 is 2.19 bits per heavy atom. The van der Waals surface area contributed by atoms with Gasteiger partial charge in [-0.15, -0.1) is 0 Å². The van der Waals surface area contributed by atoms with Gasteiger partial charge in [0.25, 0.3) is 0 Å². The first-order chi connectivity index (χ1) is 9.98. The smallest absolute Gasteiger partial charge is 0.125 e. The zero-order valence-corrected chi connectivity index (χ0v) is 13.4. The molecule has 0 saturated carbocycles. The van der Waals surface area contributed by atoms with Crippen LogP contribution in [0.15, 0.2) is 12.1 Å². The topological polar surface area (TPSA) is 39.7 Å². The molecule has 4 nitrogen and oxygen atoms in total. The number of rotatable bonds is 3. The average molecular weight is 291 g/mol. The van der Waals surface area contributed by atoms with Crippen LogP contribution in [0.3, 0.4) is 0 Å². The zero-order chi connectivity index (χ0) is 15.0. The average Bonchev–Trinajstić information content (AvgIpc) is 2.76. The molecule has 2 aliphatic rings. The Balaban J connectivity index is 1.95. The molecule has 0 radical (unpaired) electrons. The molecule has 4 heteroatoms. The van der Waals surface area contributed by atoms with Crippen molar-refractivity contribution in [3.8, 4) is 11.5 Å². The van der Waals surface area contributed by atoms with Gasteiger partial charge in [0.15, 0.2) is 0 Å². The van der Waals surface area contributed by atoms with Crippen molar-refractivity contribution in [2.75, 3.05) is 19.7 Å². The summed E-state index contributed by atoms with van der Waals surface area (Å²) in [6, 6.07) is 4.24. The molecular weight excluding hydrogens is 266 g/mol. The summed E-state index contributed by atoms with van der Waals surface area (Å²) >= 11 is 0. The van der Waals surface area contributed by atoms with Crippen LogP contribution in [0, 0.1) is 0 Å². The van der Waals surface area contributed by atoms with E-state index in [4.69, 9.17) is 14.2 Å². The number of fused-ring (bicyclic) bond motifs is 1. The SMILES string of the molecule is CCOc1cc2c(cc1C1CNCC(C)(C)O1)OC(C)C2. The molecule has 21 heavy (non-hydrogen) atoms. The third-order valence-electron chi connectivity index (χ3n) is 4.02. The Hall–Kier alpha value is -1.26. The third-order valence-corrected chi connectivity index (χ3v) is 4.02. The summed E-state index contributed by atoms with van der Waals surface area (Å²) in [5.41, 5.74) is 2.15. The fourth-order valence-corrected chi connectivity index (χ4v) is 3.13. The lowest BCUT2D eigenvalue weighted by Gasteiger charge is -2.37. The third kappa shape index (κ3) is 3.01. The number of benzene rings is 1. The first-order valence-corrected chi connectivity index (χ1v) is 7.83. The maximum absolute atomic E-state index is 6.24. The molecule has 1 N–H and O–H groups in total. The van der Waals surface area contributed by atoms with E-state index in [0.717, 1.165) is 36.6 Å².